The van der Waals surface area contributed by atoms with Crippen LogP contribution in [0.1, 0.15) is 23.6 Å². The number of rotatable bonds is 5. The topological polar surface area (TPSA) is 17.8 Å². The van der Waals surface area contributed by atoms with E-state index in [2.05, 4.69) is 4.98 Å². The normalized spacial score (nSPS) is 15.5. The van der Waals surface area contributed by atoms with Crippen molar-refractivity contribution >= 4 is 32.6 Å². The minimum absolute atomic E-state index is 0.0650. The zero-order valence-electron chi connectivity index (χ0n) is 38.4. The molecule has 0 saturated heterocycles. The Hall–Kier alpha value is -6.25. The largest absolute Gasteiger partial charge is 0.297 e. The van der Waals surface area contributed by atoms with Crippen LogP contribution in [0.15, 0.2) is 176 Å². The third kappa shape index (κ3) is 4.70. The minimum atomic E-state index is -2.51. The highest BCUT2D eigenvalue weighted by Crippen LogP contribution is 2.45. The standard InChI is InChI=1S/C46H32N2/c1-31-47-43-25-12-13-26-44(43)48(31)38-20-14-19-34(30-38)45-39-21-8-10-23-41(39)46(42-24-11-9-22-40(42)45)37-28-35(32-15-4-2-5-16-32)27-36(29-37)33-17-6-3-7-18-33/h2-30H,1H3/i1D3,2D,3D,4D,5D,6D,7D,15D,16D,17D,18D. The Bertz CT molecular complexity index is 3110. The van der Waals surface area contributed by atoms with Crippen LogP contribution in [0.3, 0.4) is 0 Å². The van der Waals surface area contributed by atoms with Crippen molar-refractivity contribution in [2.45, 2.75) is 6.85 Å². The first-order valence-electron chi connectivity index (χ1n) is 21.9. The molecule has 0 amide bonds. The van der Waals surface area contributed by atoms with Crippen LogP contribution in [-0.4, -0.2) is 9.55 Å². The van der Waals surface area contributed by atoms with E-state index in [1.807, 2.05) is 91.0 Å². The maximum atomic E-state index is 8.88. The molecule has 9 aromatic rings. The van der Waals surface area contributed by atoms with Gasteiger partial charge in [-0.25, -0.2) is 4.98 Å². The van der Waals surface area contributed by atoms with Gasteiger partial charge in [0, 0.05) is 9.80 Å². The molecular formula is C46H32N2. The highest BCUT2D eigenvalue weighted by atomic mass is 15.1. The van der Waals surface area contributed by atoms with Gasteiger partial charge in [-0.2, -0.15) is 0 Å². The number of hydrogen-bond acceptors (Lipinski definition) is 1. The van der Waals surface area contributed by atoms with Gasteiger partial charge in [0.25, 0.3) is 0 Å². The van der Waals surface area contributed by atoms with Crippen molar-refractivity contribution in [1.29, 1.82) is 0 Å². The van der Waals surface area contributed by atoms with Gasteiger partial charge in [-0.3, -0.25) is 4.57 Å². The summed E-state index contributed by atoms with van der Waals surface area (Å²) in [4.78, 5) is 4.51. The van der Waals surface area contributed by atoms with E-state index >= 15 is 0 Å². The van der Waals surface area contributed by atoms with Crippen LogP contribution in [0, 0.1) is 6.85 Å². The van der Waals surface area contributed by atoms with Gasteiger partial charge in [0.1, 0.15) is 5.82 Å². The summed E-state index contributed by atoms with van der Waals surface area (Å²) in [6.45, 7) is -2.51. The summed E-state index contributed by atoms with van der Waals surface area (Å²) in [6.07, 6.45) is 0. The van der Waals surface area contributed by atoms with Crippen molar-refractivity contribution in [1.82, 2.24) is 9.55 Å². The maximum absolute atomic E-state index is 8.88. The summed E-state index contributed by atoms with van der Waals surface area (Å²) in [5, 5.41) is 3.17. The van der Waals surface area contributed by atoms with E-state index in [-0.39, 0.29) is 28.1 Å². The Morgan fingerprint density at radius 2 is 1.00 bits per heavy atom. The van der Waals surface area contributed by atoms with Gasteiger partial charge in [-0.05, 0) is 115 Å². The second-order valence-electron chi connectivity index (χ2n) is 11.5. The van der Waals surface area contributed by atoms with E-state index in [1.54, 1.807) is 22.8 Å². The molecule has 0 radical (unpaired) electrons. The number of nitrogens with zero attached hydrogens (tertiary/aromatic N) is 2. The quantitative estimate of drug-likeness (QED) is 0.174. The fourth-order valence-corrected chi connectivity index (χ4v) is 6.69. The summed E-state index contributed by atoms with van der Waals surface area (Å²) in [5.74, 6) is -0.0650. The SMILES string of the molecule is [2H]c1c([2H])c([2H])c(-c2cc(-c3c([2H])c([2H])c([2H])c([2H])c3[2H])cc(-c3c4ccccc4c(-c4cccc(-n5c(C([2H])([2H])[2H])nc6ccccc65)c4)c4ccccc34)c2)c([2H])c1[2H]. The molecule has 2 nitrogen and oxygen atoms in total. The summed E-state index contributed by atoms with van der Waals surface area (Å²) >= 11 is 0. The van der Waals surface area contributed by atoms with Gasteiger partial charge in [-0.15, -0.1) is 0 Å². The molecule has 0 bridgehead atoms. The molecule has 1 heterocycles. The summed E-state index contributed by atoms with van der Waals surface area (Å²) in [5.41, 5.74) is 4.81. The average molecular weight is 626 g/mol. The van der Waals surface area contributed by atoms with E-state index < -0.39 is 67.3 Å². The molecule has 0 unspecified atom stereocenters. The summed E-state index contributed by atoms with van der Waals surface area (Å²) < 4.78 is 113. The molecule has 0 saturated carbocycles. The Morgan fingerprint density at radius 1 is 0.479 bits per heavy atom. The molecule has 0 spiro atoms. The lowest BCUT2D eigenvalue weighted by atomic mass is 9.84. The van der Waals surface area contributed by atoms with Crippen LogP contribution in [0.25, 0.3) is 82.8 Å². The predicted molar refractivity (Wildman–Crippen MR) is 203 cm³/mol. The van der Waals surface area contributed by atoms with Crippen LogP contribution < -0.4 is 0 Å². The Labute approximate surface area is 298 Å². The zero-order chi connectivity index (χ0) is 43.2. The molecule has 0 fully saturated rings. The summed E-state index contributed by atoms with van der Waals surface area (Å²) in [6, 6.07) is 30.1. The number of benzene rings is 8. The first kappa shape index (κ1) is 17.6. The Kier molecular flexibility index (Phi) is 4.23. The van der Waals surface area contributed by atoms with Crippen molar-refractivity contribution in [2.75, 3.05) is 0 Å². The van der Waals surface area contributed by atoms with Crippen molar-refractivity contribution in [3.05, 3.63) is 182 Å². The highest BCUT2D eigenvalue weighted by Gasteiger charge is 2.19. The van der Waals surface area contributed by atoms with E-state index in [0.29, 0.717) is 27.8 Å². The van der Waals surface area contributed by atoms with Gasteiger partial charge < -0.3 is 0 Å². The molecule has 1 aromatic heterocycles. The Morgan fingerprint density at radius 3 is 1.58 bits per heavy atom. The lowest BCUT2D eigenvalue weighted by Crippen LogP contribution is -1.97. The lowest BCUT2D eigenvalue weighted by Gasteiger charge is -2.19. The van der Waals surface area contributed by atoms with E-state index in [0.717, 1.165) is 32.7 Å². The van der Waals surface area contributed by atoms with Crippen LogP contribution in [0.4, 0.5) is 0 Å². The third-order valence-corrected chi connectivity index (χ3v) is 8.68. The zero-order valence-corrected chi connectivity index (χ0v) is 25.4. The molecule has 0 aliphatic heterocycles. The summed E-state index contributed by atoms with van der Waals surface area (Å²) in [7, 11) is 0. The van der Waals surface area contributed by atoms with Gasteiger partial charge in [0.2, 0.25) is 0 Å². The molecule has 8 aromatic carbocycles. The second-order valence-corrected chi connectivity index (χ2v) is 11.5. The van der Waals surface area contributed by atoms with Crippen LogP contribution >= 0.6 is 0 Å². The molecule has 0 atom stereocenters. The first-order chi connectivity index (χ1) is 29.1. The van der Waals surface area contributed by atoms with Gasteiger partial charge in [-0.1, -0.05) is 133 Å². The van der Waals surface area contributed by atoms with Crippen molar-refractivity contribution in [3.63, 3.8) is 0 Å². The van der Waals surface area contributed by atoms with Crippen molar-refractivity contribution in [3.8, 4) is 50.2 Å². The van der Waals surface area contributed by atoms with Crippen LogP contribution in [0.5, 0.6) is 0 Å². The molecule has 9 rings (SSSR count). The van der Waals surface area contributed by atoms with E-state index in [9.17, 15) is 0 Å². The lowest BCUT2D eigenvalue weighted by molar-refractivity contribution is 1.00. The fourth-order valence-electron chi connectivity index (χ4n) is 6.69. The van der Waals surface area contributed by atoms with Crippen molar-refractivity contribution < 1.29 is 17.8 Å². The second kappa shape index (κ2) is 11.5. The molecule has 0 aliphatic carbocycles. The number of fused-ring (bicyclic) bond motifs is 3. The monoisotopic (exact) mass is 625 g/mol. The number of para-hydroxylation sites is 2. The predicted octanol–water partition coefficient (Wildman–Crippen LogP) is 12.3. The number of aryl methyl sites for hydroxylation is 1. The third-order valence-electron chi connectivity index (χ3n) is 8.68. The maximum Gasteiger partial charge on any atom is 0.111 e. The van der Waals surface area contributed by atoms with Gasteiger partial charge in [0.15, 0.2) is 0 Å². The number of hydrogen-bond donors (Lipinski definition) is 0. The van der Waals surface area contributed by atoms with Gasteiger partial charge >= 0.3 is 0 Å². The molecular weight excluding hydrogens is 581 g/mol. The minimum Gasteiger partial charge on any atom is -0.297 e. The molecule has 48 heavy (non-hydrogen) atoms. The van der Waals surface area contributed by atoms with E-state index in [4.69, 9.17) is 17.8 Å². The highest BCUT2D eigenvalue weighted by molar-refractivity contribution is 6.21. The molecule has 0 aliphatic rings. The fraction of sp³-hybridized carbons (Fsp3) is 0.0217. The van der Waals surface area contributed by atoms with Crippen molar-refractivity contribution in [2.24, 2.45) is 0 Å². The molecule has 226 valence electrons. The van der Waals surface area contributed by atoms with Crippen LogP contribution in [0.2, 0.25) is 0 Å². The molecule has 0 N–H and O–H groups in total. The average Bonchev–Trinajstić information content (AvgIpc) is 3.66. The first-order valence-corrected chi connectivity index (χ1v) is 15.4. The Balaban J connectivity index is 1.37. The number of imidazole rings is 1. The smallest absolute Gasteiger partial charge is 0.111 e. The van der Waals surface area contributed by atoms with Crippen LogP contribution in [-0.2, 0) is 0 Å². The number of aromatic nitrogens is 2. The van der Waals surface area contributed by atoms with Gasteiger partial charge in [0.05, 0.1) is 24.7 Å². The molecule has 2 heteroatoms. The van der Waals surface area contributed by atoms with E-state index in [1.165, 1.54) is 6.07 Å².